The van der Waals surface area contributed by atoms with Crippen LogP contribution >= 0.6 is 0 Å². The number of ether oxygens (including phenoxy) is 3. The molecule has 0 aromatic heterocycles. The SMILES string of the molecule is CC[C@H]1C[C@@H]2C[C@H]3[C@@H](O)[C@@H](C)[C@H](C[C@H](O)[C@@H](C)CC/C=C/C=C(\C)[C@@H](O)C/C=C/C=C/[C@@H](O)[C@H](C)[C@@H](O)[C@@H](CCC(C)=O)C(=O)N[C@H](C(=O)N[C@@H](Cc4cccc(OC)c4)C(=O)N4CCC[C@@H](C(=O)OC)N4)C(C)C)O[C@]23NC1=O. The van der Waals surface area contributed by atoms with Crippen LogP contribution in [0.1, 0.15) is 132 Å². The Morgan fingerprint density at radius 1 is 0.963 bits per heavy atom. The van der Waals surface area contributed by atoms with Gasteiger partial charge in [0.15, 0.2) is 0 Å². The number of carbonyl (C=O) groups excluding carboxylic acids is 6. The Morgan fingerprint density at radius 2 is 1.70 bits per heavy atom. The number of benzene rings is 1. The van der Waals surface area contributed by atoms with Crippen molar-refractivity contribution in [3.05, 3.63) is 77.9 Å². The zero-order chi connectivity index (χ0) is 59.0. The third kappa shape index (κ3) is 17.1. The van der Waals surface area contributed by atoms with E-state index in [1.807, 2.05) is 45.9 Å². The first-order valence-corrected chi connectivity index (χ1v) is 28.9. The summed E-state index contributed by atoms with van der Waals surface area (Å²) in [6, 6.07) is 3.93. The lowest BCUT2D eigenvalue weighted by molar-refractivity contribution is -0.320. The van der Waals surface area contributed by atoms with Gasteiger partial charge in [-0.1, -0.05) is 96.2 Å². The topological polar surface area (TPSA) is 283 Å². The summed E-state index contributed by atoms with van der Waals surface area (Å²) in [6.07, 6.45) is 12.3. The minimum Gasteiger partial charge on any atom is -0.497 e. The van der Waals surface area contributed by atoms with E-state index in [0.717, 1.165) is 24.8 Å². The fourth-order valence-corrected chi connectivity index (χ4v) is 11.6. The van der Waals surface area contributed by atoms with Crippen LogP contribution in [-0.4, -0.2) is 147 Å². The maximum atomic E-state index is 14.2. The molecule has 4 fully saturated rings. The summed E-state index contributed by atoms with van der Waals surface area (Å²) in [7, 11) is 2.77. The normalized spacial score (nSPS) is 27.6. The summed E-state index contributed by atoms with van der Waals surface area (Å²) >= 11 is 0. The van der Waals surface area contributed by atoms with Crippen LogP contribution in [0.25, 0.3) is 0 Å². The van der Waals surface area contributed by atoms with Crippen molar-refractivity contribution in [2.45, 2.75) is 193 Å². The Balaban J connectivity index is 1.11. The fraction of sp³-hybridized carbons (Fsp3) is 0.672. The van der Waals surface area contributed by atoms with Crippen LogP contribution in [0, 0.1) is 47.3 Å². The van der Waals surface area contributed by atoms with E-state index in [1.54, 1.807) is 63.3 Å². The zero-order valence-electron chi connectivity index (χ0n) is 48.7. The minimum absolute atomic E-state index is 0.0166. The van der Waals surface area contributed by atoms with Gasteiger partial charge in [-0.25, -0.2) is 5.43 Å². The summed E-state index contributed by atoms with van der Waals surface area (Å²) in [5.41, 5.74) is 3.49. The third-order valence-corrected chi connectivity index (χ3v) is 17.2. The molecule has 19 nitrogen and oxygen atoms in total. The standard InChI is InChI=1S/C61H93N5O14/c1-11-42-32-43-33-46-55(72)40(8)52(80-61(43,46)64-56(42)73)34-51(70)37(5)21-15-12-14-20-36(4)49(68)25-16-13-17-26-50(69)39(7)54(71)45(28-27-38(6)67)57(74)63-53(35(2)3)58(75)62-48(31-41-22-18-23-44(30-41)78-9)59(76)66-29-19-24-47(65-66)60(77)79-10/h12-14,16-18,20,22-23,26,30,35,37,39-40,42-43,45-55,65,68-72H,11,15,19,21,24-25,27-29,31-34H2,1-10H3,(H,62,75)(H,63,74)(H,64,73)/b14-12+,16-13+,26-17+,36-20+/t37-,39-,40-,42-,43+,45+,46-,47-,48-,49-,50+,51-,52-,53-,54+,55-,61+/m0/s1. The minimum atomic E-state index is -1.45. The van der Waals surface area contributed by atoms with Crippen molar-refractivity contribution in [1.82, 2.24) is 26.4 Å². The molecule has 3 aliphatic heterocycles. The van der Waals surface area contributed by atoms with Crippen LogP contribution in [0.2, 0.25) is 0 Å². The molecular formula is C61H93N5O14. The van der Waals surface area contributed by atoms with Gasteiger partial charge in [-0.2, -0.15) is 0 Å². The molecule has 4 aliphatic rings. The number of aliphatic hydroxyl groups excluding tert-OH is 5. The maximum absolute atomic E-state index is 14.2. The number of Topliss-reactive ketones (excluding diaryl/α,β-unsaturated/α-hetero) is 1. The van der Waals surface area contributed by atoms with E-state index < -0.39 is 95.8 Å². The third-order valence-electron chi connectivity index (χ3n) is 17.2. The molecule has 4 amide bonds. The highest BCUT2D eigenvalue weighted by Gasteiger charge is 2.67. The van der Waals surface area contributed by atoms with Crippen molar-refractivity contribution in [3.63, 3.8) is 0 Å². The van der Waals surface area contributed by atoms with Gasteiger partial charge < -0.3 is 60.5 Å². The van der Waals surface area contributed by atoms with Gasteiger partial charge in [0.1, 0.15) is 35.4 Å². The first-order valence-electron chi connectivity index (χ1n) is 28.9. The summed E-state index contributed by atoms with van der Waals surface area (Å²) in [4.78, 5) is 79.9. The number of nitrogens with one attached hydrogen (secondary N) is 4. The van der Waals surface area contributed by atoms with Crippen molar-refractivity contribution in [3.8, 4) is 5.75 Å². The highest BCUT2D eigenvalue weighted by atomic mass is 16.5. The molecule has 0 radical (unpaired) electrons. The number of methoxy groups -OCH3 is 2. The number of carbonyl (C=O) groups is 6. The Hall–Kier alpha value is -5.28. The lowest BCUT2D eigenvalue weighted by Gasteiger charge is -2.65. The molecular weight excluding hydrogens is 1030 g/mol. The Morgan fingerprint density at radius 3 is 2.38 bits per heavy atom. The second-order valence-corrected chi connectivity index (χ2v) is 23.3. The highest BCUT2D eigenvalue weighted by molar-refractivity contribution is 5.93. The molecule has 1 aliphatic carbocycles. The number of hydrogen-bond donors (Lipinski definition) is 9. The molecule has 3 heterocycles. The number of rotatable bonds is 29. The molecule has 0 unspecified atom stereocenters. The van der Waals surface area contributed by atoms with E-state index in [-0.39, 0.29) is 79.6 Å². The Labute approximate surface area is 473 Å². The number of esters is 1. The number of ketones is 1. The molecule has 80 heavy (non-hydrogen) atoms. The van der Waals surface area contributed by atoms with E-state index >= 15 is 0 Å². The van der Waals surface area contributed by atoms with E-state index in [1.165, 1.54) is 32.2 Å². The van der Waals surface area contributed by atoms with Crippen LogP contribution in [0.4, 0.5) is 0 Å². The van der Waals surface area contributed by atoms with Crippen LogP contribution in [0.15, 0.2) is 72.4 Å². The molecule has 3 saturated heterocycles. The van der Waals surface area contributed by atoms with Gasteiger partial charge in [-0.15, -0.1) is 0 Å². The molecule has 446 valence electrons. The summed E-state index contributed by atoms with van der Waals surface area (Å²) in [5, 5.41) is 66.2. The van der Waals surface area contributed by atoms with Gasteiger partial charge in [-0.3, -0.25) is 29.0 Å². The Kier molecular flexibility index (Phi) is 25.1. The Bertz CT molecular complexity index is 2380. The van der Waals surface area contributed by atoms with E-state index in [4.69, 9.17) is 14.2 Å². The largest absolute Gasteiger partial charge is 0.497 e. The van der Waals surface area contributed by atoms with Gasteiger partial charge >= 0.3 is 5.97 Å². The predicted octanol–water partition coefficient (Wildman–Crippen LogP) is 4.68. The quantitative estimate of drug-likeness (QED) is 0.0389. The van der Waals surface area contributed by atoms with Crippen molar-refractivity contribution in [2.75, 3.05) is 20.8 Å². The van der Waals surface area contributed by atoms with Gasteiger partial charge in [0.05, 0.1) is 56.8 Å². The second-order valence-electron chi connectivity index (χ2n) is 23.3. The molecule has 9 N–H and O–H groups in total. The summed E-state index contributed by atoms with van der Waals surface area (Å²) in [5.74, 6) is -4.97. The molecule has 5 rings (SSSR count). The number of nitrogens with zero attached hydrogens (tertiary/aromatic N) is 1. The van der Waals surface area contributed by atoms with E-state index in [9.17, 15) is 54.3 Å². The maximum Gasteiger partial charge on any atom is 0.324 e. The molecule has 0 bridgehead atoms. The number of hydrogen-bond acceptors (Lipinski definition) is 15. The first-order chi connectivity index (χ1) is 38.0. The molecule has 19 heteroatoms. The summed E-state index contributed by atoms with van der Waals surface area (Å²) < 4.78 is 16.9. The highest BCUT2D eigenvalue weighted by Crippen LogP contribution is 2.57. The van der Waals surface area contributed by atoms with Gasteiger partial charge in [0.2, 0.25) is 17.7 Å². The number of amides is 4. The van der Waals surface area contributed by atoms with Crippen molar-refractivity contribution < 1.29 is 68.5 Å². The lowest BCUT2D eigenvalue weighted by Crippen LogP contribution is -2.78. The average Bonchev–Trinajstić information content (AvgIpc) is 3.60. The summed E-state index contributed by atoms with van der Waals surface area (Å²) in [6.45, 7) is 14.4. The zero-order valence-corrected chi connectivity index (χ0v) is 48.7. The number of hydrazine groups is 1. The number of allylic oxidation sites excluding steroid dienone is 5. The number of aliphatic hydroxyl groups is 5. The van der Waals surface area contributed by atoms with Crippen molar-refractivity contribution >= 4 is 35.4 Å². The molecule has 17 atom stereocenters. The van der Waals surface area contributed by atoms with Crippen LogP contribution in [-0.2, 0) is 44.7 Å². The van der Waals surface area contributed by atoms with Crippen LogP contribution < -0.4 is 26.1 Å². The lowest BCUT2D eigenvalue weighted by atomic mass is 9.55. The van der Waals surface area contributed by atoms with Crippen molar-refractivity contribution in [1.29, 1.82) is 0 Å². The average molecular weight is 1120 g/mol. The van der Waals surface area contributed by atoms with Crippen LogP contribution in [0.5, 0.6) is 5.75 Å². The number of piperidine rings is 1. The van der Waals surface area contributed by atoms with Gasteiger partial charge in [0.25, 0.3) is 5.91 Å². The predicted molar refractivity (Wildman–Crippen MR) is 302 cm³/mol. The molecule has 1 aromatic carbocycles. The molecule has 1 saturated carbocycles. The first kappa shape index (κ1) is 65.5. The van der Waals surface area contributed by atoms with Crippen LogP contribution in [0.3, 0.4) is 0 Å². The fourth-order valence-electron chi connectivity index (χ4n) is 11.6. The van der Waals surface area contributed by atoms with Crippen molar-refractivity contribution in [2.24, 2.45) is 47.3 Å². The van der Waals surface area contributed by atoms with E-state index in [2.05, 4.69) is 21.4 Å². The molecule has 1 spiro atoms. The monoisotopic (exact) mass is 1120 g/mol. The van der Waals surface area contributed by atoms with Gasteiger partial charge in [0, 0.05) is 55.4 Å². The van der Waals surface area contributed by atoms with E-state index in [0.29, 0.717) is 43.4 Å². The smallest absolute Gasteiger partial charge is 0.324 e. The second kappa shape index (κ2) is 30.7. The molecule has 1 aromatic rings. The van der Waals surface area contributed by atoms with Gasteiger partial charge in [-0.05, 0) is 107 Å².